The zero-order chi connectivity index (χ0) is 8.39. The third kappa shape index (κ3) is 1.40. The number of aromatic nitrogens is 1. The van der Waals surface area contributed by atoms with Gasteiger partial charge in [-0.3, -0.25) is 0 Å². The molecule has 1 atom stereocenters. The lowest BCUT2D eigenvalue weighted by Gasteiger charge is -2.22. The molecule has 0 bridgehead atoms. The van der Waals surface area contributed by atoms with Crippen LogP contribution in [-0.2, 0) is 0 Å². The van der Waals surface area contributed by atoms with Crippen LogP contribution in [0.5, 0.6) is 5.88 Å². The molecule has 0 radical (unpaired) electrons. The number of pyridine rings is 1. The molecule has 0 aromatic carbocycles. The summed E-state index contributed by atoms with van der Waals surface area (Å²) >= 11 is 1.67. The van der Waals surface area contributed by atoms with Crippen molar-refractivity contribution in [2.45, 2.75) is 11.0 Å². The summed E-state index contributed by atoms with van der Waals surface area (Å²) in [5, 5.41) is 8.85. The number of rotatable bonds is 1. The van der Waals surface area contributed by atoms with Gasteiger partial charge in [0.15, 0.2) is 0 Å². The number of ether oxygens (including phenoxy) is 1. The molecular weight excluding hydrogens is 174 g/mol. The smallest absolute Gasteiger partial charge is 0.227 e. The fourth-order valence-corrected chi connectivity index (χ4v) is 1.98. The maximum absolute atomic E-state index is 8.85. The molecule has 1 aliphatic rings. The van der Waals surface area contributed by atoms with Gasteiger partial charge in [0, 0.05) is 11.9 Å². The van der Waals surface area contributed by atoms with Crippen LogP contribution in [0.15, 0.2) is 23.2 Å². The van der Waals surface area contributed by atoms with Gasteiger partial charge in [0.25, 0.3) is 0 Å². The Morgan fingerprint density at radius 3 is 3.50 bits per heavy atom. The lowest BCUT2D eigenvalue weighted by molar-refractivity contribution is 0.122. The van der Waals surface area contributed by atoms with E-state index in [-0.39, 0.29) is 12.7 Å². The van der Waals surface area contributed by atoms with E-state index in [0.29, 0.717) is 5.88 Å². The number of thioether (sulfide) groups is 1. The second-order valence-corrected chi connectivity index (χ2v) is 3.60. The second-order valence-electron chi connectivity index (χ2n) is 2.54. The first-order valence-electron chi connectivity index (χ1n) is 3.75. The highest BCUT2D eigenvalue weighted by Crippen LogP contribution is 2.32. The van der Waals surface area contributed by atoms with Crippen molar-refractivity contribution in [1.82, 2.24) is 4.98 Å². The van der Waals surface area contributed by atoms with Crippen LogP contribution in [0.1, 0.15) is 0 Å². The van der Waals surface area contributed by atoms with E-state index in [2.05, 4.69) is 4.98 Å². The van der Waals surface area contributed by atoms with E-state index in [9.17, 15) is 0 Å². The van der Waals surface area contributed by atoms with Crippen molar-refractivity contribution >= 4 is 11.8 Å². The van der Waals surface area contributed by atoms with Crippen LogP contribution in [0.3, 0.4) is 0 Å². The van der Waals surface area contributed by atoms with Gasteiger partial charge in [0.1, 0.15) is 6.10 Å². The zero-order valence-corrected chi connectivity index (χ0v) is 7.25. The Morgan fingerprint density at radius 1 is 1.75 bits per heavy atom. The Morgan fingerprint density at radius 2 is 2.67 bits per heavy atom. The Hall–Kier alpha value is -0.740. The lowest BCUT2D eigenvalue weighted by atomic mass is 10.4. The highest BCUT2D eigenvalue weighted by Gasteiger charge is 2.19. The predicted octanol–water partition coefficient (Wildman–Crippen LogP) is 0.927. The largest absolute Gasteiger partial charge is 0.470 e. The minimum Gasteiger partial charge on any atom is -0.470 e. The molecule has 0 fully saturated rings. The fraction of sp³-hybridized carbons (Fsp3) is 0.375. The van der Waals surface area contributed by atoms with Crippen molar-refractivity contribution in [1.29, 1.82) is 0 Å². The summed E-state index contributed by atoms with van der Waals surface area (Å²) < 4.78 is 5.40. The standard InChI is InChI=1S/C8H9NO2S/c10-4-6-5-12-7-2-1-3-9-8(7)11-6/h1-3,6,10H,4-5H2. The number of aliphatic hydroxyl groups excluding tert-OH is 1. The monoisotopic (exact) mass is 183 g/mol. The highest BCUT2D eigenvalue weighted by atomic mass is 32.2. The average Bonchev–Trinajstić information content (AvgIpc) is 2.17. The van der Waals surface area contributed by atoms with Gasteiger partial charge in [0.2, 0.25) is 5.88 Å². The Kier molecular flexibility index (Phi) is 2.19. The van der Waals surface area contributed by atoms with Gasteiger partial charge in [-0.1, -0.05) is 0 Å². The molecule has 0 saturated carbocycles. The zero-order valence-electron chi connectivity index (χ0n) is 6.43. The first-order chi connectivity index (χ1) is 5.90. The average molecular weight is 183 g/mol. The van der Waals surface area contributed by atoms with Crippen molar-refractivity contribution in [2.24, 2.45) is 0 Å². The molecule has 0 saturated heterocycles. The van der Waals surface area contributed by atoms with Gasteiger partial charge in [-0.15, -0.1) is 11.8 Å². The van der Waals surface area contributed by atoms with Crippen LogP contribution in [0.4, 0.5) is 0 Å². The van der Waals surface area contributed by atoms with E-state index in [1.54, 1.807) is 18.0 Å². The first kappa shape index (κ1) is 7.89. The number of aliphatic hydroxyl groups is 1. The van der Waals surface area contributed by atoms with Crippen molar-refractivity contribution in [3.8, 4) is 5.88 Å². The molecule has 1 aromatic rings. The highest BCUT2D eigenvalue weighted by molar-refractivity contribution is 7.99. The molecule has 3 nitrogen and oxygen atoms in total. The first-order valence-corrected chi connectivity index (χ1v) is 4.74. The molecule has 1 N–H and O–H groups in total. The topological polar surface area (TPSA) is 42.4 Å². The number of fused-ring (bicyclic) bond motifs is 1. The number of hydrogen-bond acceptors (Lipinski definition) is 4. The van der Waals surface area contributed by atoms with Gasteiger partial charge in [-0.25, -0.2) is 4.98 Å². The molecule has 12 heavy (non-hydrogen) atoms. The van der Waals surface area contributed by atoms with Crippen molar-refractivity contribution < 1.29 is 9.84 Å². The van der Waals surface area contributed by atoms with Crippen LogP contribution in [0, 0.1) is 0 Å². The van der Waals surface area contributed by atoms with Crippen LogP contribution in [-0.4, -0.2) is 28.6 Å². The van der Waals surface area contributed by atoms with E-state index in [1.807, 2.05) is 12.1 Å². The molecule has 1 unspecified atom stereocenters. The summed E-state index contributed by atoms with van der Waals surface area (Å²) in [5.41, 5.74) is 0. The molecule has 4 heteroatoms. The third-order valence-corrected chi connectivity index (χ3v) is 2.80. The van der Waals surface area contributed by atoms with Gasteiger partial charge in [-0.05, 0) is 12.1 Å². The summed E-state index contributed by atoms with van der Waals surface area (Å²) in [4.78, 5) is 5.12. The van der Waals surface area contributed by atoms with Gasteiger partial charge in [0.05, 0.1) is 11.5 Å². The van der Waals surface area contributed by atoms with E-state index in [0.717, 1.165) is 10.6 Å². The van der Waals surface area contributed by atoms with Crippen LogP contribution < -0.4 is 4.74 Å². The molecule has 0 amide bonds. The summed E-state index contributed by atoms with van der Waals surface area (Å²) in [6.45, 7) is 0.0585. The normalized spacial score (nSPS) is 21.2. The van der Waals surface area contributed by atoms with Gasteiger partial charge < -0.3 is 9.84 Å². The van der Waals surface area contributed by atoms with E-state index >= 15 is 0 Å². The van der Waals surface area contributed by atoms with Crippen LogP contribution in [0.2, 0.25) is 0 Å². The van der Waals surface area contributed by atoms with Crippen molar-refractivity contribution in [3.63, 3.8) is 0 Å². The molecule has 1 aromatic heterocycles. The summed E-state index contributed by atoms with van der Waals surface area (Å²) in [7, 11) is 0. The fourth-order valence-electron chi connectivity index (χ4n) is 1.04. The second kappa shape index (κ2) is 3.33. The molecule has 64 valence electrons. The van der Waals surface area contributed by atoms with Crippen molar-refractivity contribution in [3.05, 3.63) is 18.3 Å². The van der Waals surface area contributed by atoms with E-state index in [1.165, 1.54) is 0 Å². The Balaban J connectivity index is 2.23. The maximum Gasteiger partial charge on any atom is 0.227 e. The molecule has 1 aliphatic heterocycles. The Labute approximate surface area is 74.8 Å². The third-order valence-electron chi connectivity index (χ3n) is 1.64. The molecule has 0 aliphatic carbocycles. The minimum atomic E-state index is -0.0996. The molecular formula is C8H9NO2S. The quantitative estimate of drug-likeness (QED) is 0.703. The van der Waals surface area contributed by atoms with Crippen LogP contribution in [0.25, 0.3) is 0 Å². The SMILES string of the molecule is OCC1CSc2cccnc2O1. The molecule has 0 spiro atoms. The van der Waals surface area contributed by atoms with E-state index < -0.39 is 0 Å². The Bertz CT molecular complexity index is 280. The summed E-state index contributed by atoms with van der Waals surface area (Å²) in [6, 6.07) is 3.86. The molecule has 2 heterocycles. The van der Waals surface area contributed by atoms with Gasteiger partial charge in [-0.2, -0.15) is 0 Å². The van der Waals surface area contributed by atoms with Crippen molar-refractivity contribution in [2.75, 3.05) is 12.4 Å². The predicted molar refractivity (Wildman–Crippen MR) is 46.5 cm³/mol. The van der Waals surface area contributed by atoms with Gasteiger partial charge >= 0.3 is 0 Å². The summed E-state index contributed by atoms with van der Waals surface area (Å²) in [5.74, 6) is 1.45. The number of hydrogen-bond donors (Lipinski definition) is 1. The summed E-state index contributed by atoms with van der Waals surface area (Å²) in [6.07, 6.45) is 1.59. The van der Waals surface area contributed by atoms with Crippen LogP contribution >= 0.6 is 11.8 Å². The molecule has 2 rings (SSSR count). The minimum absolute atomic E-state index is 0.0585. The lowest BCUT2D eigenvalue weighted by Crippen LogP contribution is -2.27. The maximum atomic E-state index is 8.85. The number of nitrogens with zero attached hydrogens (tertiary/aromatic N) is 1. The van der Waals surface area contributed by atoms with E-state index in [4.69, 9.17) is 9.84 Å².